The lowest BCUT2D eigenvalue weighted by Crippen LogP contribution is -2.52. The molecule has 2 aromatic rings. The predicted molar refractivity (Wildman–Crippen MR) is 126 cm³/mol. The first-order chi connectivity index (χ1) is 13.5. The van der Waals surface area contributed by atoms with Crippen LogP contribution in [0.4, 0.5) is 5.82 Å². The first-order valence-corrected chi connectivity index (χ1v) is 10.7. The second kappa shape index (κ2) is 10.7. The largest absolute Gasteiger partial charge is 0.353 e. The van der Waals surface area contributed by atoms with E-state index < -0.39 is 10.0 Å². The van der Waals surface area contributed by atoms with E-state index in [0.29, 0.717) is 6.54 Å². The number of rotatable bonds is 5. The van der Waals surface area contributed by atoms with Crippen LogP contribution in [0.3, 0.4) is 0 Å². The number of aliphatic imine (C=N–C) groups is 1. The summed E-state index contributed by atoms with van der Waals surface area (Å²) in [7, 11) is -0.229. The number of hydrogen-bond donors (Lipinski definition) is 2. The van der Waals surface area contributed by atoms with Gasteiger partial charge in [0, 0.05) is 46.0 Å². The van der Waals surface area contributed by atoms with Gasteiger partial charge in [0.2, 0.25) is 10.0 Å². The van der Waals surface area contributed by atoms with E-state index in [-0.39, 0.29) is 28.9 Å². The molecule has 3 rings (SSSR count). The highest BCUT2D eigenvalue weighted by Gasteiger charge is 2.20. The van der Waals surface area contributed by atoms with Gasteiger partial charge in [0.25, 0.3) is 0 Å². The van der Waals surface area contributed by atoms with Crippen LogP contribution in [0.5, 0.6) is 0 Å². The third-order valence-electron chi connectivity index (χ3n) is 4.72. The smallest absolute Gasteiger partial charge is 0.240 e. The highest BCUT2D eigenvalue weighted by atomic mass is 127. The average Bonchev–Trinajstić information content (AvgIpc) is 2.75. The van der Waals surface area contributed by atoms with Crippen molar-refractivity contribution in [2.24, 2.45) is 4.99 Å². The number of guanidine groups is 1. The van der Waals surface area contributed by atoms with Crippen LogP contribution in [-0.2, 0) is 16.6 Å². The quantitative estimate of drug-likeness (QED) is 0.346. The summed E-state index contributed by atoms with van der Waals surface area (Å²) in [6.07, 6.45) is 1.81. The summed E-state index contributed by atoms with van der Waals surface area (Å²) in [5.74, 6) is 1.84. The van der Waals surface area contributed by atoms with Crippen LogP contribution in [0, 0.1) is 0 Å². The van der Waals surface area contributed by atoms with Crippen molar-refractivity contribution in [3.8, 4) is 0 Å². The van der Waals surface area contributed by atoms with Crippen molar-refractivity contribution in [3.05, 3.63) is 54.2 Å². The number of anilines is 1. The maximum Gasteiger partial charge on any atom is 0.240 e. The second-order valence-corrected chi connectivity index (χ2v) is 8.30. The van der Waals surface area contributed by atoms with Gasteiger partial charge in [0.05, 0.1) is 4.90 Å². The molecular formula is C19H27IN6O2S. The molecule has 2 heterocycles. The van der Waals surface area contributed by atoms with Crippen molar-refractivity contribution in [2.45, 2.75) is 11.4 Å². The van der Waals surface area contributed by atoms with Crippen molar-refractivity contribution >= 4 is 45.8 Å². The SMILES string of the molecule is CN=C(NCc1ccc(S(=O)(=O)NC)cc1)N1CCN(c2ccccn2)CC1.I. The number of sulfonamides is 1. The third-order valence-corrected chi connectivity index (χ3v) is 6.15. The van der Waals surface area contributed by atoms with E-state index in [0.717, 1.165) is 43.5 Å². The zero-order chi connectivity index (χ0) is 20.0. The van der Waals surface area contributed by atoms with Crippen LogP contribution < -0.4 is 14.9 Å². The Morgan fingerprint density at radius 3 is 2.34 bits per heavy atom. The molecule has 1 aliphatic heterocycles. The lowest BCUT2D eigenvalue weighted by atomic mass is 10.2. The van der Waals surface area contributed by atoms with Gasteiger partial charge in [-0.05, 0) is 36.9 Å². The first kappa shape index (κ1) is 23.4. The molecule has 1 aromatic heterocycles. The van der Waals surface area contributed by atoms with Gasteiger partial charge in [0.15, 0.2) is 5.96 Å². The van der Waals surface area contributed by atoms with Gasteiger partial charge in [-0.25, -0.2) is 18.1 Å². The van der Waals surface area contributed by atoms with E-state index in [4.69, 9.17) is 0 Å². The maximum atomic E-state index is 11.8. The Kier molecular flexibility index (Phi) is 8.65. The molecule has 0 aliphatic carbocycles. The summed E-state index contributed by atoms with van der Waals surface area (Å²) >= 11 is 0. The predicted octanol–water partition coefficient (Wildman–Crippen LogP) is 1.51. The van der Waals surface area contributed by atoms with Gasteiger partial charge in [-0.3, -0.25) is 4.99 Å². The molecule has 1 saturated heterocycles. The summed E-state index contributed by atoms with van der Waals surface area (Å²) in [4.78, 5) is 13.5. The molecule has 1 fully saturated rings. The van der Waals surface area contributed by atoms with E-state index >= 15 is 0 Å². The fraction of sp³-hybridized carbons (Fsp3) is 0.368. The summed E-state index contributed by atoms with van der Waals surface area (Å²) in [5.41, 5.74) is 0.989. The minimum atomic E-state index is -3.41. The second-order valence-electron chi connectivity index (χ2n) is 6.41. The molecule has 0 radical (unpaired) electrons. The number of hydrogen-bond acceptors (Lipinski definition) is 5. The lowest BCUT2D eigenvalue weighted by Gasteiger charge is -2.37. The Bertz CT molecular complexity index is 898. The molecule has 0 amide bonds. The van der Waals surface area contributed by atoms with Gasteiger partial charge in [0.1, 0.15) is 5.82 Å². The Hall–Kier alpha value is -1.92. The van der Waals surface area contributed by atoms with Crippen molar-refractivity contribution in [3.63, 3.8) is 0 Å². The minimum absolute atomic E-state index is 0. The van der Waals surface area contributed by atoms with Crippen molar-refractivity contribution in [2.75, 3.05) is 45.2 Å². The van der Waals surface area contributed by atoms with Crippen LogP contribution in [0.25, 0.3) is 0 Å². The van der Waals surface area contributed by atoms with E-state index in [1.165, 1.54) is 7.05 Å². The number of piperazine rings is 1. The molecule has 158 valence electrons. The number of pyridine rings is 1. The van der Waals surface area contributed by atoms with Gasteiger partial charge >= 0.3 is 0 Å². The zero-order valence-corrected chi connectivity index (χ0v) is 19.7. The zero-order valence-electron chi connectivity index (χ0n) is 16.6. The topological polar surface area (TPSA) is 89.9 Å². The average molecular weight is 530 g/mol. The summed E-state index contributed by atoms with van der Waals surface area (Å²) < 4.78 is 25.9. The highest BCUT2D eigenvalue weighted by molar-refractivity contribution is 14.0. The molecule has 0 bridgehead atoms. The van der Waals surface area contributed by atoms with Gasteiger partial charge in [-0.2, -0.15) is 0 Å². The molecule has 1 aromatic carbocycles. The van der Waals surface area contributed by atoms with E-state index in [9.17, 15) is 8.42 Å². The highest BCUT2D eigenvalue weighted by Crippen LogP contribution is 2.13. The van der Waals surface area contributed by atoms with E-state index in [1.807, 2.05) is 36.5 Å². The number of halogens is 1. The van der Waals surface area contributed by atoms with Crippen LogP contribution in [0.2, 0.25) is 0 Å². The number of benzene rings is 1. The maximum absolute atomic E-state index is 11.8. The molecular weight excluding hydrogens is 503 g/mol. The lowest BCUT2D eigenvalue weighted by molar-refractivity contribution is 0.371. The molecule has 0 unspecified atom stereocenters. The van der Waals surface area contributed by atoms with Crippen LogP contribution >= 0.6 is 24.0 Å². The molecule has 0 spiro atoms. The number of nitrogens with one attached hydrogen (secondary N) is 2. The third kappa shape index (κ3) is 6.03. The Morgan fingerprint density at radius 1 is 1.10 bits per heavy atom. The first-order valence-electron chi connectivity index (χ1n) is 9.17. The van der Waals surface area contributed by atoms with Crippen LogP contribution in [0.15, 0.2) is 58.5 Å². The van der Waals surface area contributed by atoms with E-state index in [2.05, 4.69) is 29.8 Å². The fourth-order valence-corrected chi connectivity index (χ4v) is 3.84. The summed E-state index contributed by atoms with van der Waals surface area (Å²) in [5, 5.41) is 3.36. The van der Waals surface area contributed by atoms with E-state index in [1.54, 1.807) is 19.2 Å². The van der Waals surface area contributed by atoms with Crippen molar-refractivity contribution in [1.29, 1.82) is 0 Å². The van der Waals surface area contributed by atoms with Gasteiger partial charge in [-0.1, -0.05) is 18.2 Å². The van der Waals surface area contributed by atoms with Crippen LogP contribution in [0.1, 0.15) is 5.56 Å². The Morgan fingerprint density at radius 2 is 1.79 bits per heavy atom. The molecule has 10 heteroatoms. The molecule has 1 aliphatic rings. The Labute approximate surface area is 189 Å². The normalized spacial score (nSPS) is 15.0. The molecule has 29 heavy (non-hydrogen) atoms. The summed E-state index contributed by atoms with van der Waals surface area (Å²) in [6, 6.07) is 12.8. The van der Waals surface area contributed by atoms with Gasteiger partial charge in [-0.15, -0.1) is 24.0 Å². The van der Waals surface area contributed by atoms with Crippen molar-refractivity contribution in [1.82, 2.24) is 19.9 Å². The monoisotopic (exact) mass is 530 g/mol. The number of nitrogens with zero attached hydrogens (tertiary/aromatic N) is 4. The molecule has 2 N–H and O–H groups in total. The number of aromatic nitrogens is 1. The standard InChI is InChI=1S/C19H26N6O2S.HI/c1-20-19(23-15-16-6-8-17(9-7-16)28(26,27)21-2)25-13-11-24(12-14-25)18-5-3-4-10-22-18;/h3-10,21H,11-15H2,1-2H3,(H,20,23);1H. The summed E-state index contributed by atoms with van der Waals surface area (Å²) in [6.45, 7) is 4.06. The molecule has 0 atom stereocenters. The fourth-order valence-electron chi connectivity index (χ4n) is 3.11. The minimum Gasteiger partial charge on any atom is -0.353 e. The van der Waals surface area contributed by atoms with Crippen molar-refractivity contribution < 1.29 is 8.42 Å². The van der Waals surface area contributed by atoms with Gasteiger partial charge < -0.3 is 15.1 Å². The molecule has 0 saturated carbocycles. The van der Waals surface area contributed by atoms with Crippen LogP contribution in [-0.4, -0.2) is 64.5 Å². The Balaban J connectivity index is 0.00000300. The molecule has 8 nitrogen and oxygen atoms in total.